The second-order valence-electron chi connectivity index (χ2n) is 4.79. The number of halogens is 1. The zero-order chi connectivity index (χ0) is 12.4. The van der Waals surface area contributed by atoms with Crippen molar-refractivity contribution in [1.29, 1.82) is 0 Å². The molecule has 0 spiro atoms. The molecule has 0 aliphatic carbocycles. The fourth-order valence-electron chi connectivity index (χ4n) is 2.37. The molecule has 1 aromatic rings. The van der Waals surface area contributed by atoms with Crippen molar-refractivity contribution in [3.63, 3.8) is 0 Å². The van der Waals surface area contributed by atoms with E-state index in [0.717, 1.165) is 22.1 Å². The second kappa shape index (κ2) is 5.35. The molecule has 1 aromatic carbocycles. The third-order valence-electron chi connectivity index (χ3n) is 3.08. The third kappa shape index (κ3) is 2.98. The molecule has 17 heavy (non-hydrogen) atoms. The summed E-state index contributed by atoms with van der Waals surface area (Å²) in [7, 11) is 0. The molecule has 1 amide bonds. The quantitative estimate of drug-likeness (QED) is 0.793. The molecule has 0 bridgehead atoms. The molecule has 2 atom stereocenters. The van der Waals surface area contributed by atoms with E-state index < -0.39 is 0 Å². The van der Waals surface area contributed by atoms with Gasteiger partial charge in [0.05, 0.1) is 5.56 Å². The minimum absolute atomic E-state index is 0.108. The number of carbonyl (C=O) groups is 1. The summed E-state index contributed by atoms with van der Waals surface area (Å²) in [5.41, 5.74) is 6.76. The van der Waals surface area contributed by atoms with Crippen LogP contribution in [-0.4, -0.2) is 29.9 Å². The van der Waals surface area contributed by atoms with Crippen LogP contribution in [0.4, 0.5) is 0 Å². The summed E-state index contributed by atoms with van der Waals surface area (Å²) in [6.07, 6.45) is 1.01. The molecular formula is C13H17IN2O. The largest absolute Gasteiger partial charge is 0.337 e. The summed E-state index contributed by atoms with van der Waals surface area (Å²) in [6.45, 7) is 3.64. The number of likely N-dealkylation sites (tertiary alicyclic amines) is 1. The van der Waals surface area contributed by atoms with E-state index in [1.165, 1.54) is 0 Å². The SMILES string of the molecule is CC1CC(N)CN(C(=O)c2ccccc2I)C1. The van der Waals surface area contributed by atoms with Crippen molar-refractivity contribution in [2.24, 2.45) is 11.7 Å². The third-order valence-corrected chi connectivity index (χ3v) is 4.02. The van der Waals surface area contributed by atoms with Crippen LogP contribution in [0.2, 0.25) is 0 Å². The van der Waals surface area contributed by atoms with Crippen LogP contribution >= 0.6 is 22.6 Å². The summed E-state index contributed by atoms with van der Waals surface area (Å²) in [6, 6.07) is 7.81. The zero-order valence-corrected chi connectivity index (χ0v) is 12.1. The maximum absolute atomic E-state index is 12.4. The van der Waals surface area contributed by atoms with Crippen molar-refractivity contribution >= 4 is 28.5 Å². The molecule has 0 radical (unpaired) electrons. The van der Waals surface area contributed by atoms with E-state index in [4.69, 9.17) is 5.73 Å². The van der Waals surface area contributed by atoms with Gasteiger partial charge < -0.3 is 10.6 Å². The molecule has 3 nitrogen and oxygen atoms in total. The Bertz CT molecular complexity index is 412. The first-order valence-corrected chi connectivity index (χ1v) is 6.95. The van der Waals surface area contributed by atoms with Gasteiger partial charge >= 0.3 is 0 Å². The zero-order valence-electron chi connectivity index (χ0n) is 9.90. The Morgan fingerprint density at radius 2 is 2.12 bits per heavy atom. The van der Waals surface area contributed by atoms with E-state index in [2.05, 4.69) is 29.5 Å². The molecule has 4 heteroatoms. The smallest absolute Gasteiger partial charge is 0.254 e. The highest BCUT2D eigenvalue weighted by atomic mass is 127. The van der Waals surface area contributed by atoms with Crippen LogP contribution in [0.15, 0.2) is 24.3 Å². The minimum atomic E-state index is 0.108. The van der Waals surface area contributed by atoms with Crippen LogP contribution in [0.1, 0.15) is 23.7 Å². The molecule has 1 heterocycles. The maximum atomic E-state index is 12.4. The van der Waals surface area contributed by atoms with Crippen LogP contribution in [0.5, 0.6) is 0 Å². The topological polar surface area (TPSA) is 46.3 Å². The predicted octanol–water partition coefficient (Wildman–Crippen LogP) is 2.10. The molecule has 1 aliphatic rings. The Morgan fingerprint density at radius 1 is 1.41 bits per heavy atom. The minimum Gasteiger partial charge on any atom is -0.337 e. The summed E-state index contributed by atoms with van der Waals surface area (Å²) in [5, 5.41) is 0. The summed E-state index contributed by atoms with van der Waals surface area (Å²) < 4.78 is 1.00. The van der Waals surface area contributed by atoms with E-state index in [-0.39, 0.29) is 11.9 Å². The molecule has 2 unspecified atom stereocenters. The first-order valence-electron chi connectivity index (χ1n) is 5.87. The molecule has 2 N–H and O–H groups in total. The van der Waals surface area contributed by atoms with E-state index in [0.29, 0.717) is 12.5 Å². The van der Waals surface area contributed by atoms with Gasteiger partial charge in [0.15, 0.2) is 0 Å². The van der Waals surface area contributed by atoms with Crippen molar-refractivity contribution in [2.45, 2.75) is 19.4 Å². The molecule has 92 valence electrons. The lowest BCUT2D eigenvalue weighted by molar-refractivity contribution is 0.0660. The van der Waals surface area contributed by atoms with Crippen LogP contribution in [-0.2, 0) is 0 Å². The van der Waals surface area contributed by atoms with E-state index in [9.17, 15) is 4.79 Å². The van der Waals surface area contributed by atoms with Gasteiger partial charge in [-0.25, -0.2) is 0 Å². The maximum Gasteiger partial charge on any atom is 0.254 e. The van der Waals surface area contributed by atoms with Crippen LogP contribution in [0, 0.1) is 9.49 Å². The Morgan fingerprint density at radius 3 is 2.76 bits per heavy atom. The lowest BCUT2D eigenvalue weighted by Gasteiger charge is -2.35. The number of nitrogens with zero attached hydrogens (tertiary/aromatic N) is 1. The summed E-state index contributed by atoms with van der Waals surface area (Å²) >= 11 is 2.20. The molecule has 0 saturated carbocycles. The molecular weight excluding hydrogens is 327 g/mol. The highest BCUT2D eigenvalue weighted by molar-refractivity contribution is 14.1. The molecule has 1 saturated heterocycles. The van der Waals surface area contributed by atoms with Crippen molar-refractivity contribution in [2.75, 3.05) is 13.1 Å². The van der Waals surface area contributed by atoms with Gasteiger partial charge in [-0.3, -0.25) is 4.79 Å². The van der Waals surface area contributed by atoms with E-state index >= 15 is 0 Å². The fraction of sp³-hybridized carbons (Fsp3) is 0.462. The average Bonchev–Trinajstić information content (AvgIpc) is 2.27. The summed E-state index contributed by atoms with van der Waals surface area (Å²) in [4.78, 5) is 14.3. The number of rotatable bonds is 1. The van der Waals surface area contributed by atoms with Crippen LogP contribution < -0.4 is 5.73 Å². The Hall–Kier alpha value is -0.620. The molecule has 0 aromatic heterocycles. The predicted molar refractivity (Wildman–Crippen MR) is 76.8 cm³/mol. The van der Waals surface area contributed by atoms with Crippen molar-refractivity contribution < 1.29 is 4.79 Å². The number of hydrogen-bond donors (Lipinski definition) is 1. The Kier molecular flexibility index (Phi) is 4.04. The highest BCUT2D eigenvalue weighted by Crippen LogP contribution is 2.19. The Balaban J connectivity index is 2.17. The van der Waals surface area contributed by atoms with Gasteiger partial charge in [-0.2, -0.15) is 0 Å². The second-order valence-corrected chi connectivity index (χ2v) is 5.95. The normalized spacial score (nSPS) is 24.8. The van der Waals surface area contributed by atoms with Crippen LogP contribution in [0.3, 0.4) is 0 Å². The van der Waals surface area contributed by atoms with Crippen LogP contribution in [0.25, 0.3) is 0 Å². The van der Waals surface area contributed by atoms with Gasteiger partial charge in [0, 0.05) is 22.7 Å². The lowest BCUT2D eigenvalue weighted by Crippen LogP contribution is -2.48. The number of amides is 1. The van der Waals surface area contributed by atoms with Gasteiger partial charge in [0.2, 0.25) is 0 Å². The van der Waals surface area contributed by atoms with Crippen molar-refractivity contribution in [3.8, 4) is 0 Å². The van der Waals surface area contributed by atoms with Gasteiger partial charge in [-0.05, 0) is 47.1 Å². The van der Waals surface area contributed by atoms with Gasteiger partial charge in [-0.1, -0.05) is 19.1 Å². The molecule has 1 fully saturated rings. The number of carbonyl (C=O) groups excluding carboxylic acids is 1. The van der Waals surface area contributed by atoms with Gasteiger partial charge in [0.25, 0.3) is 5.91 Å². The standard InChI is InChI=1S/C13H17IN2O/c1-9-6-10(15)8-16(7-9)13(17)11-4-2-3-5-12(11)14/h2-5,9-10H,6-8,15H2,1H3. The number of piperidine rings is 1. The van der Waals surface area contributed by atoms with E-state index in [1.807, 2.05) is 29.2 Å². The summed E-state index contributed by atoms with van der Waals surface area (Å²) in [5.74, 6) is 0.598. The number of hydrogen-bond acceptors (Lipinski definition) is 2. The molecule has 1 aliphatic heterocycles. The van der Waals surface area contributed by atoms with Gasteiger partial charge in [-0.15, -0.1) is 0 Å². The first kappa shape index (κ1) is 12.8. The van der Waals surface area contributed by atoms with E-state index in [1.54, 1.807) is 0 Å². The monoisotopic (exact) mass is 344 g/mol. The van der Waals surface area contributed by atoms with Gasteiger partial charge in [0.1, 0.15) is 0 Å². The number of nitrogens with two attached hydrogens (primary N) is 1. The number of benzene rings is 1. The lowest BCUT2D eigenvalue weighted by atomic mass is 9.96. The fourth-order valence-corrected chi connectivity index (χ4v) is 2.99. The average molecular weight is 344 g/mol. The highest BCUT2D eigenvalue weighted by Gasteiger charge is 2.27. The first-order chi connectivity index (χ1) is 8.08. The Labute approximate surface area is 116 Å². The molecule has 2 rings (SSSR count). The van der Waals surface area contributed by atoms with Crippen molar-refractivity contribution in [1.82, 2.24) is 4.90 Å². The van der Waals surface area contributed by atoms with Crippen molar-refractivity contribution in [3.05, 3.63) is 33.4 Å².